The number of aromatic nitrogens is 1. The third-order valence-electron chi connectivity index (χ3n) is 8.37. The lowest BCUT2D eigenvalue weighted by Gasteiger charge is -2.44. The summed E-state index contributed by atoms with van der Waals surface area (Å²) in [6.07, 6.45) is 3.54. The van der Waals surface area contributed by atoms with Crippen molar-refractivity contribution in [1.29, 1.82) is 0 Å². The van der Waals surface area contributed by atoms with Gasteiger partial charge >= 0.3 is 6.09 Å². The molecule has 1 saturated heterocycles. The van der Waals surface area contributed by atoms with E-state index in [-0.39, 0.29) is 23.7 Å². The number of rotatable bonds is 6. The van der Waals surface area contributed by atoms with Gasteiger partial charge in [-0.05, 0) is 85.5 Å². The zero-order chi connectivity index (χ0) is 27.2. The second-order valence-corrected chi connectivity index (χ2v) is 18.8. The number of fused-ring (bicyclic) bond motifs is 1. The lowest BCUT2D eigenvalue weighted by molar-refractivity contribution is 0.0204. The van der Waals surface area contributed by atoms with Crippen molar-refractivity contribution in [2.75, 3.05) is 13.1 Å². The second kappa shape index (κ2) is 10.5. The van der Waals surface area contributed by atoms with E-state index in [2.05, 4.69) is 71.9 Å². The number of hydrogen-bond acceptors (Lipinski definition) is 2. The first kappa shape index (κ1) is 28.7. The Morgan fingerprint density at radius 1 is 0.972 bits per heavy atom. The van der Waals surface area contributed by atoms with Gasteiger partial charge in [-0.3, -0.25) is 0 Å². The van der Waals surface area contributed by atoms with E-state index in [1.54, 1.807) is 4.90 Å². The number of carbonyl (C=O) groups excluding carboxylic acids is 1. The molecule has 36 heavy (non-hydrogen) atoms. The number of halogens is 1. The van der Waals surface area contributed by atoms with Crippen LogP contribution in [-0.2, 0) is 4.74 Å². The van der Waals surface area contributed by atoms with Crippen LogP contribution in [0.5, 0.6) is 0 Å². The van der Waals surface area contributed by atoms with Crippen molar-refractivity contribution in [3.63, 3.8) is 0 Å². The molecule has 1 aliphatic heterocycles. The van der Waals surface area contributed by atoms with Gasteiger partial charge in [0.15, 0.2) is 8.24 Å². The molecule has 2 aromatic rings. The van der Waals surface area contributed by atoms with Crippen LogP contribution in [-0.4, -0.2) is 42.2 Å². The Morgan fingerprint density at radius 3 is 1.94 bits per heavy atom. The molecule has 4 nitrogen and oxygen atoms in total. The molecular formula is C30H49FN2O2Si. The molecule has 6 heteroatoms. The van der Waals surface area contributed by atoms with Crippen LogP contribution in [0.15, 0.2) is 18.3 Å². The molecule has 0 aliphatic carbocycles. The fourth-order valence-corrected chi connectivity index (χ4v) is 13.6. The standard InChI is InChI=1S/C30H49FN2O2Si/c1-19(2)25-18-33(36(20(3)4,21(5)6)22(7)8)26-13-12-24(28(31)27(25)26)23-14-16-32(17-15-23)29(34)35-30(9,10)11/h12-13,18-23H,14-17H2,1-11H3. The average molecular weight is 517 g/mol. The Hall–Kier alpha value is -1.82. The highest BCUT2D eigenvalue weighted by molar-refractivity contribution is 6.82. The Labute approximate surface area is 219 Å². The maximum atomic E-state index is 16.5. The van der Waals surface area contributed by atoms with Crippen molar-refractivity contribution < 1.29 is 13.9 Å². The SMILES string of the molecule is CC(C)c1cn([Si](C(C)C)(C(C)C)C(C)C)c2ccc(C3CCN(C(=O)OC(C)(C)C)CC3)c(F)c12. The fourth-order valence-electron chi connectivity index (χ4n) is 6.94. The molecule has 0 saturated carbocycles. The van der Waals surface area contributed by atoms with E-state index in [1.165, 1.54) is 0 Å². The summed E-state index contributed by atoms with van der Waals surface area (Å²) in [4.78, 5) is 14.3. The normalized spacial score (nSPS) is 16.3. The maximum absolute atomic E-state index is 16.5. The summed E-state index contributed by atoms with van der Waals surface area (Å²) in [6, 6.07) is 4.22. The van der Waals surface area contributed by atoms with Gasteiger partial charge in [0, 0.05) is 24.0 Å². The first-order valence-electron chi connectivity index (χ1n) is 13.9. The largest absolute Gasteiger partial charge is 0.444 e. The molecule has 0 bridgehead atoms. The van der Waals surface area contributed by atoms with Crippen LogP contribution < -0.4 is 0 Å². The quantitative estimate of drug-likeness (QED) is 0.359. The van der Waals surface area contributed by atoms with Gasteiger partial charge in [0.2, 0.25) is 0 Å². The summed E-state index contributed by atoms with van der Waals surface area (Å²) in [7, 11) is -2.02. The van der Waals surface area contributed by atoms with Crippen molar-refractivity contribution >= 4 is 25.2 Å². The Balaban J connectivity index is 2.04. The lowest BCUT2D eigenvalue weighted by Crippen LogP contribution is -2.51. The highest BCUT2D eigenvalue weighted by Crippen LogP contribution is 2.46. The zero-order valence-electron chi connectivity index (χ0n) is 24.5. The molecule has 0 spiro atoms. The van der Waals surface area contributed by atoms with E-state index in [4.69, 9.17) is 4.74 Å². The molecule has 1 aromatic carbocycles. The van der Waals surface area contributed by atoms with E-state index in [0.29, 0.717) is 29.7 Å². The third kappa shape index (κ3) is 5.12. The van der Waals surface area contributed by atoms with E-state index in [1.807, 2.05) is 26.8 Å². The minimum Gasteiger partial charge on any atom is -0.444 e. The van der Waals surface area contributed by atoms with E-state index in [0.717, 1.165) is 34.9 Å². The molecule has 3 rings (SSSR count). The fraction of sp³-hybridized carbons (Fsp3) is 0.700. The molecule has 1 amide bonds. The van der Waals surface area contributed by atoms with Crippen LogP contribution in [0.2, 0.25) is 16.6 Å². The number of ether oxygens (including phenoxy) is 1. The number of likely N-dealkylation sites (tertiary alicyclic amines) is 1. The van der Waals surface area contributed by atoms with Crippen LogP contribution in [0.25, 0.3) is 10.9 Å². The van der Waals surface area contributed by atoms with Gasteiger partial charge in [0.05, 0.1) is 0 Å². The van der Waals surface area contributed by atoms with E-state index in [9.17, 15) is 4.79 Å². The molecule has 0 unspecified atom stereocenters. The van der Waals surface area contributed by atoms with Gasteiger partial charge < -0.3 is 13.9 Å². The Kier molecular flexibility index (Phi) is 8.39. The highest BCUT2D eigenvalue weighted by Gasteiger charge is 2.46. The van der Waals surface area contributed by atoms with E-state index < -0.39 is 13.8 Å². The van der Waals surface area contributed by atoms with Gasteiger partial charge in [-0.2, -0.15) is 0 Å². The van der Waals surface area contributed by atoms with Gasteiger partial charge in [-0.15, -0.1) is 0 Å². The molecule has 0 N–H and O–H groups in total. The van der Waals surface area contributed by atoms with Crippen molar-refractivity contribution in [3.05, 3.63) is 35.3 Å². The van der Waals surface area contributed by atoms with Crippen LogP contribution in [0.4, 0.5) is 9.18 Å². The van der Waals surface area contributed by atoms with Gasteiger partial charge in [0.25, 0.3) is 0 Å². The Morgan fingerprint density at radius 2 is 1.50 bits per heavy atom. The van der Waals surface area contributed by atoms with Gasteiger partial charge in [0.1, 0.15) is 11.4 Å². The minimum atomic E-state index is -2.02. The molecule has 2 heterocycles. The molecule has 1 aromatic heterocycles. The van der Waals surface area contributed by atoms with Crippen LogP contribution in [0.1, 0.15) is 112 Å². The Bertz CT molecular complexity index is 1050. The molecule has 0 atom stereocenters. The molecule has 202 valence electrons. The van der Waals surface area contributed by atoms with Crippen molar-refractivity contribution in [2.24, 2.45) is 0 Å². The third-order valence-corrected chi connectivity index (χ3v) is 15.1. The average Bonchev–Trinajstić information content (AvgIpc) is 3.13. The van der Waals surface area contributed by atoms with Gasteiger partial charge in [-0.1, -0.05) is 61.5 Å². The molecule has 1 aliphatic rings. The van der Waals surface area contributed by atoms with Crippen molar-refractivity contribution in [3.8, 4) is 0 Å². The predicted octanol–water partition coefficient (Wildman–Crippen LogP) is 9.04. The number of nitrogens with zero attached hydrogens (tertiary/aromatic N) is 2. The van der Waals surface area contributed by atoms with Crippen molar-refractivity contribution in [2.45, 2.75) is 123 Å². The second-order valence-electron chi connectivity index (χ2n) is 13.1. The monoisotopic (exact) mass is 516 g/mol. The topological polar surface area (TPSA) is 34.5 Å². The molecule has 1 fully saturated rings. The summed E-state index contributed by atoms with van der Waals surface area (Å²) in [5.41, 5.74) is 4.08. The predicted molar refractivity (Wildman–Crippen MR) is 152 cm³/mol. The van der Waals surface area contributed by atoms with E-state index >= 15 is 4.39 Å². The van der Waals surface area contributed by atoms with Crippen LogP contribution >= 0.6 is 0 Å². The summed E-state index contributed by atoms with van der Waals surface area (Å²) in [5, 5.41) is 0.816. The summed E-state index contributed by atoms with van der Waals surface area (Å²) >= 11 is 0. The number of benzene rings is 1. The smallest absolute Gasteiger partial charge is 0.410 e. The first-order chi connectivity index (χ1) is 16.6. The highest BCUT2D eigenvalue weighted by atomic mass is 28.3. The number of hydrogen-bond donors (Lipinski definition) is 0. The van der Waals surface area contributed by atoms with Crippen molar-refractivity contribution in [1.82, 2.24) is 9.13 Å². The summed E-state index contributed by atoms with van der Waals surface area (Å²) in [6.45, 7) is 25.3. The molecular weight excluding hydrogens is 467 g/mol. The number of amides is 1. The summed E-state index contributed by atoms with van der Waals surface area (Å²) in [5.74, 6) is 0.300. The van der Waals surface area contributed by atoms with Crippen LogP contribution in [0, 0.1) is 5.82 Å². The number of carbonyl (C=O) groups is 1. The zero-order valence-corrected chi connectivity index (χ0v) is 25.5. The molecule has 0 radical (unpaired) electrons. The van der Waals surface area contributed by atoms with Gasteiger partial charge in [-0.25, -0.2) is 9.18 Å². The summed E-state index contributed by atoms with van der Waals surface area (Å²) < 4.78 is 24.6. The maximum Gasteiger partial charge on any atom is 0.410 e. The number of piperidine rings is 1. The lowest BCUT2D eigenvalue weighted by atomic mass is 9.87. The minimum absolute atomic E-state index is 0.0511. The first-order valence-corrected chi connectivity index (χ1v) is 16.1. The van der Waals surface area contributed by atoms with Crippen LogP contribution in [0.3, 0.4) is 0 Å².